The van der Waals surface area contributed by atoms with Gasteiger partial charge in [0.25, 0.3) is 0 Å². The Hall–Kier alpha value is -1.10. The number of aromatic nitrogens is 2. The van der Waals surface area contributed by atoms with Crippen molar-refractivity contribution in [2.75, 3.05) is 0 Å². The van der Waals surface area contributed by atoms with Crippen molar-refractivity contribution in [3.8, 4) is 5.69 Å². The van der Waals surface area contributed by atoms with Crippen molar-refractivity contribution in [2.45, 2.75) is 12.3 Å². The van der Waals surface area contributed by atoms with Crippen molar-refractivity contribution in [2.24, 2.45) is 0 Å². The van der Waals surface area contributed by atoms with Crippen LogP contribution in [0.4, 0.5) is 4.39 Å². The maximum Gasteiger partial charge on any atom is 0.132 e. The SMILES string of the molecule is CC(Cl)c1nc2ccc(F)cc2n1-c1ccc(Br)c(Cl)c1. The van der Waals surface area contributed by atoms with Gasteiger partial charge in [0.15, 0.2) is 0 Å². The molecular formula is C15H10BrCl2FN2. The molecule has 108 valence electrons. The third kappa shape index (κ3) is 2.68. The maximum absolute atomic E-state index is 13.6. The van der Waals surface area contributed by atoms with Crippen molar-refractivity contribution >= 4 is 50.2 Å². The zero-order chi connectivity index (χ0) is 15.1. The van der Waals surface area contributed by atoms with Crippen molar-refractivity contribution in [3.63, 3.8) is 0 Å². The molecule has 21 heavy (non-hydrogen) atoms. The Labute approximate surface area is 139 Å². The average Bonchev–Trinajstić information content (AvgIpc) is 2.80. The molecule has 0 radical (unpaired) electrons. The van der Waals surface area contributed by atoms with Gasteiger partial charge in [0.2, 0.25) is 0 Å². The number of hydrogen-bond donors (Lipinski definition) is 0. The second-order valence-corrected chi connectivity index (χ2v) is 6.57. The van der Waals surface area contributed by atoms with Gasteiger partial charge in [-0.15, -0.1) is 11.6 Å². The first-order valence-corrected chi connectivity index (χ1v) is 7.85. The lowest BCUT2D eigenvalue weighted by molar-refractivity contribution is 0.629. The lowest BCUT2D eigenvalue weighted by atomic mass is 10.2. The summed E-state index contributed by atoms with van der Waals surface area (Å²) in [4.78, 5) is 4.49. The third-order valence-corrected chi connectivity index (χ3v) is 4.59. The Morgan fingerprint density at radius 2 is 2.00 bits per heavy atom. The van der Waals surface area contributed by atoms with E-state index in [1.165, 1.54) is 12.1 Å². The van der Waals surface area contributed by atoms with Crippen LogP contribution in [-0.4, -0.2) is 9.55 Å². The molecule has 2 nitrogen and oxygen atoms in total. The minimum Gasteiger partial charge on any atom is -0.295 e. The number of hydrogen-bond acceptors (Lipinski definition) is 1. The molecule has 0 saturated carbocycles. The van der Waals surface area contributed by atoms with Gasteiger partial charge in [-0.25, -0.2) is 9.37 Å². The monoisotopic (exact) mass is 386 g/mol. The van der Waals surface area contributed by atoms with E-state index in [1.54, 1.807) is 12.1 Å². The molecule has 2 aromatic carbocycles. The summed E-state index contributed by atoms with van der Waals surface area (Å²) >= 11 is 15.7. The predicted molar refractivity (Wildman–Crippen MR) is 88.0 cm³/mol. The number of nitrogens with zero attached hydrogens (tertiary/aromatic N) is 2. The largest absolute Gasteiger partial charge is 0.295 e. The Kier molecular flexibility index (Phi) is 3.95. The van der Waals surface area contributed by atoms with Gasteiger partial charge in [0.1, 0.15) is 11.6 Å². The fourth-order valence-electron chi connectivity index (χ4n) is 2.23. The van der Waals surface area contributed by atoms with E-state index in [0.29, 0.717) is 21.9 Å². The van der Waals surface area contributed by atoms with Gasteiger partial charge >= 0.3 is 0 Å². The first-order chi connectivity index (χ1) is 9.97. The Morgan fingerprint density at radius 3 is 2.67 bits per heavy atom. The molecule has 6 heteroatoms. The van der Waals surface area contributed by atoms with Gasteiger partial charge in [-0.05, 0) is 53.2 Å². The second-order valence-electron chi connectivity index (χ2n) is 4.65. The molecule has 0 bridgehead atoms. The first kappa shape index (κ1) is 14.8. The van der Waals surface area contributed by atoms with Gasteiger partial charge in [-0.3, -0.25) is 4.57 Å². The van der Waals surface area contributed by atoms with Gasteiger partial charge in [-0.1, -0.05) is 11.6 Å². The highest BCUT2D eigenvalue weighted by molar-refractivity contribution is 9.10. The summed E-state index contributed by atoms with van der Waals surface area (Å²) in [6.45, 7) is 1.83. The summed E-state index contributed by atoms with van der Waals surface area (Å²) in [6, 6.07) is 9.99. The van der Waals surface area contributed by atoms with Crippen LogP contribution in [0, 0.1) is 5.82 Å². The maximum atomic E-state index is 13.6. The Balaban J connectivity index is 2.35. The summed E-state index contributed by atoms with van der Waals surface area (Å²) in [6.07, 6.45) is 0. The molecule has 0 aliphatic heterocycles. The summed E-state index contributed by atoms with van der Waals surface area (Å²) in [5.41, 5.74) is 2.15. The molecule has 1 atom stereocenters. The highest BCUT2D eigenvalue weighted by atomic mass is 79.9. The van der Waals surface area contributed by atoms with Gasteiger partial charge in [0, 0.05) is 16.2 Å². The Morgan fingerprint density at radius 1 is 1.24 bits per heavy atom. The molecule has 0 fully saturated rings. The first-order valence-electron chi connectivity index (χ1n) is 6.25. The van der Waals surface area contributed by atoms with Crippen molar-refractivity contribution in [1.82, 2.24) is 9.55 Å². The van der Waals surface area contributed by atoms with E-state index in [4.69, 9.17) is 23.2 Å². The number of fused-ring (bicyclic) bond motifs is 1. The standard InChI is InChI=1S/C15H10BrCl2FN2/c1-8(17)15-20-13-5-2-9(19)6-14(13)21(15)10-3-4-11(16)12(18)7-10/h2-8H,1H3. The van der Waals surface area contributed by atoms with Crippen LogP contribution < -0.4 is 0 Å². The van der Waals surface area contributed by atoms with Crippen molar-refractivity contribution < 1.29 is 4.39 Å². The van der Waals surface area contributed by atoms with E-state index in [-0.39, 0.29) is 11.2 Å². The molecule has 1 heterocycles. The average molecular weight is 388 g/mol. The van der Waals surface area contributed by atoms with E-state index >= 15 is 0 Å². The molecule has 0 spiro atoms. The van der Waals surface area contributed by atoms with E-state index in [0.717, 1.165) is 10.2 Å². The van der Waals surface area contributed by atoms with Crippen LogP contribution in [0.5, 0.6) is 0 Å². The molecule has 0 amide bonds. The third-order valence-electron chi connectivity index (χ3n) is 3.16. The molecule has 0 aliphatic rings. The highest BCUT2D eigenvalue weighted by Gasteiger charge is 2.17. The molecule has 1 unspecified atom stereocenters. The van der Waals surface area contributed by atoms with Crippen LogP contribution in [0.15, 0.2) is 40.9 Å². The number of halogens is 4. The van der Waals surface area contributed by atoms with E-state index < -0.39 is 0 Å². The van der Waals surface area contributed by atoms with E-state index in [2.05, 4.69) is 20.9 Å². The fraction of sp³-hybridized carbons (Fsp3) is 0.133. The minimum absolute atomic E-state index is 0.317. The number of alkyl halides is 1. The topological polar surface area (TPSA) is 17.8 Å². The van der Waals surface area contributed by atoms with Gasteiger partial charge in [-0.2, -0.15) is 0 Å². The zero-order valence-corrected chi connectivity index (χ0v) is 14.0. The molecule has 3 rings (SSSR count). The second kappa shape index (κ2) is 5.59. The van der Waals surface area contributed by atoms with Crippen LogP contribution in [0.25, 0.3) is 16.7 Å². The van der Waals surface area contributed by atoms with E-state index in [1.807, 2.05) is 23.6 Å². The van der Waals surface area contributed by atoms with Crippen LogP contribution in [0.2, 0.25) is 5.02 Å². The minimum atomic E-state index is -0.319. The molecule has 1 aromatic heterocycles. The zero-order valence-electron chi connectivity index (χ0n) is 10.9. The smallest absolute Gasteiger partial charge is 0.132 e. The van der Waals surface area contributed by atoms with Crippen LogP contribution >= 0.6 is 39.1 Å². The summed E-state index contributed by atoms with van der Waals surface area (Å²) < 4.78 is 16.2. The van der Waals surface area contributed by atoms with Gasteiger partial charge < -0.3 is 0 Å². The highest BCUT2D eigenvalue weighted by Crippen LogP contribution is 2.31. The van der Waals surface area contributed by atoms with Crippen LogP contribution in [-0.2, 0) is 0 Å². The lowest BCUT2D eigenvalue weighted by Crippen LogP contribution is -2.02. The molecular weight excluding hydrogens is 378 g/mol. The summed E-state index contributed by atoms with van der Waals surface area (Å²) in [7, 11) is 0. The Bertz CT molecular complexity index is 830. The van der Waals surface area contributed by atoms with Crippen LogP contribution in [0.1, 0.15) is 18.1 Å². The molecule has 0 N–H and O–H groups in total. The number of benzene rings is 2. The van der Waals surface area contributed by atoms with Crippen molar-refractivity contribution in [1.29, 1.82) is 0 Å². The molecule has 0 saturated heterocycles. The lowest BCUT2D eigenvalue weighted by Gasteiger charge is -2.11. The summed E-state index contributed by atoms with van der Waals surface area (Å²) in [5, 5.41) is 0.252. The quantitative estimate of drug-likeness (QED) is 0.502. The fourth-order valence-corrected chi connectivity index (χ4v) is 2.80. The summed E-state index contributed by atoms with van der Waals surface area (Å²) in [5.74, 6) is 0.330. The van der Waals surface area contributed by atoms with Gasteiger partial charge in [0.05, 0.1) is 21.4 Å². The van der Waals surface area contributed by atoms with Crippen molar-refractivity contribution in [3.05, 3.63) is 57.5 Å². The number of imidazole rings is 1. The number of rotatable bonds is 2. The van der Waals surface area contributed by atoms with Crippen LogP contribution in [0.3, 0.4) is 0 Å². The normalized spacial score (nSPS) is 12.8. The molecule has 0 aliphatic carbocycles. The predicted octanol–water partition coefficient (Wildman–Crippen LogP) is 5.88. The molecule has 3 aromatic rings. The van der Waals surface area contributed by atoms with E-state index in [9.17, 15) is 4.39 Å².